The lowest BCUT2D eigenvalue weighted by Gasteiger charge is -2.22. The smallest absolute Gasteiger partial charge is 0.244 e. The second kappa shape index (κ2) is 10.5. The molecule has 0 aliphatic carbocycles. The summed E-state index contributed by atoms with van der Waals surface area (Å²) in [6, 6.07) is 12.3. The average molecular weight is 436 g/mol. The predicted molar refractivity (Wildman–Crippen MR) is 117 cm³/mol. The molecule has 0 aliphatic rings. The molecule has 1 amide bonds. The van der Waals surface area contributed by atoms with Gasteiger partial charge in [0.1, 0.15) is 16.8 Å². The van der Waals surface area contributed by atoms with Gasteiger partial charge in [-0.3, -0.25) is 4.79 Å². The second-order valence-electron chi connectivity index (χ2n) is 7.73. The lowest BCUT2D eigenvalue weighted by molar-refractivity contribution is -0.123. The van der Waals surface area contributed by atoms with E-state index in [1.54, 1.807) is 13.8 Å². The van der Waals surface area contributed by atoms with Crippen molar-refractivity contribution in [2.75, 3.05) is 25.5 Å². The number of nitrogens with zero attached hydrogens (tertiary/aromatic N) is 1. The van der Waals surface area contributed by atoms with Crippen molar-refractivity contribution in [3.63, 3.8) is 0 Å². The molecule has 0 saturated heterocycles. The molecule has 0 heterocycles. The Morgan fingerprint density at radius 1 is 1.07 bits per heavy atom. The Bertz CT molecular complexity index is 944. The summed E-state index contributed by atoms with van der Waals surface area (Å²) in [5.41, 5.74) is 2.28. The summed E-state index contributed by atoms with van der Waals surface area (Å²) >= 11 is 0. The lowest BCUT2D eigenvalue weighted by atomic mass is 10.0. The number of carbonyl (C=O) groups is 1. The lowest BCUT2D eigenvalue weighted by Crippen LogP contribution is -2.49. The molecule has 0 unspecified atom stereocenters. The minimum absolute atomic E-state index is 0.301. The van der Waals surface area contributed by atoms with Crippen LogP contribution in [0, 0.1) is 11.7 Å². The number of hydrogen-bond acceptors (Lipinski definition) is 4. The van der Waals surface area contributed by atoms with Crippen LogP contribution in [0.3, 0.4) is 0 Å². The molecule has 6 nitrogen and oxygen atoms in total. The SMILES string of the molecule is CC(C)[C@H](NS(=O)(=O)c1ccccc1F)C(=O)NCCCc1ccc(N(C)C)cc1. The molecule has 0 saturated carbocycles. The number of sulfonamides is 1. The molecular formula is C22H30FN3O3S. The number of nitrogens with one attached hydrogen (secondary N) is 2. The number of benzene rings is 2. The van der Waals surface area contributed by atoms with Crippen LogP contribution >= 0.6 is 0 Å². The van der Waals surface area contributed by atoms with Crippen molar-refractivity contribution in [3.05, 3.63) is 59.9 Å². The number of aryl methyl sites for hydroxylation is 1. The molecule has 2 rings (SSSR count). The van der Waals surface area contributed by atoms with Gasteiger partial charge in [0.25, 0.3) is 0 Å². The number of anilines is 1. The van der Waals surface area contributed by atoms with Gasteiger partial charge in [-0.05, 0) is 48.6 Å². The van der Waals surface area contributed by atoms with Gasteiger partial charge in [0.2, 0.25) is 15.9 Å². The maximum atomic E-state index is 13.9. The fourth-order valence-electron chi connectivity index (χ4n) is 2.96. The standard InChI is InChI=1S/C22H30FN3O3S/c1-16(2)21(25-30(28,29)20-10-6-5-9-19(20)23)22(27)24-15-7-8-17-11-13-18(14-12-17)26(3)4/h5-6,9-14,16,21,25H,7-8,15H2,1-4H3,(H,24,27)/t21-/m0/s1. The number of carbonyl (C=O) groups excluding carboxylic acids is 1. The quantitative estimate of drug-likeness (QED) is 0.563. The maximum Gasteiger partial charge on any atom is 0.244 e. The molecule has 0 aromatic heterocycles. The highest BCUT2D eigenvalue weighted by Crippen LogP contribution is 2.16. The number of amides is 1. The fraction of sp³-hybridized carbons (Fsp3) is 0.409. The Morgan fingerprint density at radius 3 is 2.27 bits per heavy atom. The van der Waals surface area contributed by atoms with E-state index < -0.39 is 32.7 Å². The van der Waals surface area contributed by atoms with Crippen LogP contribution in [0.5, 0.6) is 0 Å². The van der Waals surface area contributed by atoms with Gasteiger partial charge in [0, 0.05) is 26.3 Å². The molecule has 30 heavy (non-hydrogen) atoms. The Kier molecular flexibility index (Phi) is 8.37. The summed E-state index contributed by atoms with van der Waals surface area (Å²) in [7, 11) is -0.190. The largest absolute Gasteiger partial charge is 0.378 e. The molecular weight excluding hydrogens is 405 g/mol. The molecule has 0 fully saturated rings. The van der Waals surface area contributed by atoms with Crippen molar-refractivity contribution in [3.8, 4) is 0 Å². The molecule has 2 aromatic rings. The average Bonchev–Trinajstić information content (AvgIpc) is 2.69. The number of hydrogen-bond donors (Lipinski definition) is 2. The first-order valence-corrected chi connectivity index (χ1v) is 11.4. The molecule has 0 aliphatic heterocycles. The first kappa shape index (κ1) is 23.8. The van der Waals surface area contributed by atoms with Crippen LogP contribution in [0.15, 0.2) is 53.4 Å². The fourth-order valence-corrected chi connectivity index (χ4v) is 4.38. The van der Waals surface area contributed by atoms with E-state index >= 15 is 0 Å². The van der Waals surface area contributed by atoms with Gasteiger partial charge < -0.3 is 10.2 Å². The van der Waals surface area contributed by atoms with Crippen LogP contribution in [0.1, 0.15) is 25.8 Å². The van der Waals surface area contributed by atoms with Crippen molar-refractivity contribution in [1.29, 1.82) is 0 Å². The van der Waals surface area contributed by atoms with E-state index in [0.717, 1.165) is 30.2 Å². The van der Waals surface area contributed by atoms with E-state index in [4.69, 9.17) is 0 Å². The summed E-state index contributed by atoms with van der Waals surface area (Å²) < 4.78 is 41.3. The minimum Gasteiger partial charge on any atom is -0.378 e. The Labute approximate surface area is 178 Å². The molecule has 8 heteroatoms. The van der Waals surface area contributed by atoms with Crippen LogP contribution < -0.4 is 14.9 Å². The summed E-state index contributed by atoms with van der Waals surface area (Å²) in [6.45, 7) is 3.89. The highest BCUT2D eigenvalue weighted by molar-refractivity contribution is 7.89. The molecule has 0 radical (unpaired) electrons. The zero-order chi connectivity index (χ0) is 22.3. The van der Waals surface area contributed by atoms with Gasteiger partial charge in [-0.25, -0.2) is 12.8 Å². The predicted octanol–water partition coefficient (Wildman–Crippen LogP) is 2.94. The van der Waals surface area contributed by atoms with E-state index in [1.807, 2.05) is 31.1 Å². The first-order valence-electron chi connectivity index (χ1n) is 9.92. The van der Waals surface area contributed by atoms with Gasteiger partial charge in [0.05, 0.1) is 0 Å². The van der Waals surface area contributed by atoms with Gasteiger partial charge in [-0.2, -0.15) is 4.72 Å². The second-order valence-corrected chi connectivity index (χ2v) is 9.41. The van der Waals surface area contributed by atoms with Crippen LogP contribution in [0.4, 0.5) is 10.1 Å². The van der Waals surface area contributed by atoms with E-state index in [0.29, 0.717) is 6.54 Å². The zero-order valence-electron chi connectivity index (χ0n) is 17.9. The van der Waals surface area contributed by atoms with Gasteiger partial charge in [0.15, 0.2) is 0 Å². The highest BCUT2D eigenvalue weighted by Gasteiger charge is 2.29. The monoisotopic (exact) mass is 435 g/mol. The van der Waals surface area contributed by atoms with E-state index in [-0.39, 0.29) is 5.92 Å². The topological polar surface area (TPSA) is 78.5 Å². The normalized spacial score (nSPS) is 12.6. The third-order valence-corrected chi connectivity index (χ3v) is 6.23. The molecule has 0 bridgehead atoms. The Morgan fingerprint density at radius 2 is 1.70 bits per heavy atom. The van der Waals surface area contributed by atoms with Crippen LogP contribution in [-0.4, -0.2) is 41.0 Å². The van der Waals surface area contributed by atoms with Gasteiger partial charge in [-0.15, -0.1) is 0 Å². The third kappa shape index (κ3) is 6.53. The van der Waals surface area contributed by atoms with E-state index in [9.17, 15) is 17.6 Å². The van der Waals surface area contributed by atoms with Gasteiger partial charge >= 0.3 is 0 Å². The van der Waals surface area contributed by atoms with Crippen molar-refractivity contribution in [1.82, 2.24) is 10.0 Å². The van der Waals surface area contributed by atoms with Crippen molar-refractivity contribution in [2.45, 2.75) is 37.6 Å². The molecule has 1 atom stereocenters. The van der Waals surface area contributed by atoms with Crippen molar-refractivity contribution >= 4 is 21.6 Å². The number of rotatable bonds is 10. The summed E-state index contributed by atoms with van der Waals surface area (Å²) in [5, 5.41) is 2.78. The van der Waals surface area contributed by atoms with E-state index in [2.05, 4.69) is 22.2 Å². The molecule has 2 aromatic carbocycles. The summed E-state index contributed by atoms with van der Waals surface area (Å²) in [4.78, 5) is 14.1. The molecule has 164 valence electrons. The summed E-state index contributed by atoms with van der Waals surface area (Å²) in [6.07, 6.45) is 1.51. The van der Waals surface area contributed by atoms with Crippen LogP contribution in [0.25, 0.3) is 0 Å². The minimum atomic E-state index is -4.15. The van der Waals surface area contributed by atoms with Crippen LogP contribution in [0.2, 0.25) is 0 Å². The first-order chi connectivity index (χ1) is 14.1. The zero-order valence-corrected chi connectivity index (χ0v) is 18.7. The van der Waals surface area contributed by atoms with Crippen molar-refractivity contribution in [2.24, 2.45) is 5.92 Å². The van der Waals surface area contributed by atoms with Crippen LogP contribution in [-0.2, 0) is 21.2 Å². The highest BCUT2D eigenvalue weighted by atomic mass is 32.2. The number of halogens is 1. The maximum absolute atomic E-state index is 13.9. The Balaban J connectivity index is 1.92. The third-order valence-electron chi connectivity index (χ3n) is 4.75. The van der Waals surface area contributed by atoms with Gasteiger partial charge in [-0.1, -0.05) is 38.1 Å². The van der Waals surface area contributed by atoms with E-state index in [1.165, 1.54) is 18.2 Å². The summed E-state index contributed by atoms with van der Waals surface area (Å²) in [5.74, 6) is -1.58. The van der Waals surface area contributed by atoms with Crippen molar-refractivity contribution < 1.29 is 17.6 Å². The molecule has 0 spiro atoms. The Hall–Kier alpha value is -2.45. The molecule has 2 N–H and O–H groups in total.